The van der Waals surface area contributed by atoms with Crippen LogP contribution < -0.4 is 5.32 Å². The van der Waals surface area contributed by atoms with Crippen LogP contribution in [0.3, 0.4) is 0 Å². The Kier molecular flexibility index (Phi) is 4.02. The minimum absolute atomic E-state index is 0.0885. The summed E-state index contributed by atoms with van der Waals surface area (Å²) in [6.07, 6.45) is 6.98. The van der Waals surface area contributed by atoms with Crippen molar-refractivity contribution in [2.45, 2.75) is 64.5 Å². The highest BCUT2D eigenvalue weighted by molar-refractivity contribution is 7.80. The highest BCUT2D eigenvalue weighted by Gasteiger charge is 2.41. The second-order valence-corrected chi connectivity index (χ2v) is 5.70. The van der Waals surface area contributed by atoms with Crippen LogP contribution in [0.15, 0.2) is 0 Å². The third-order valence-corrected chi connectivity index (χ3v) is 4.47. The number of hydrogen-bond acceptors (Lipinski definition) is 2. The van der Waals surface area contributed by atoms with Crippen molar-refractivity contribution in [3.63, 3.8) is 0 Å². The van der Waals surface area contributed by atoms with E-state index in [0.29, 0.717) is 17.1 Å². The summed E-state index contributed by atoms with van der Waals surface area (Å²) in [7, 11) is 0. The Morgan fingerprint density at radius 1 is 1.41 bits per heavy atom. The van der Waals surface area contributed by atoms with Crippen molar-refractivity contribution >= 4 is 23.2 Å². The van der Waals surface area contributed by atoms with E-state index in [2.05, 4.69) is 19.2 Å². The molecule has 2 atom stereocenters. The lowest BCUT2D eigenvalue weighted by Crippen LogP contribution is -2.42. The first-order valence-electron chi connectivity index (χ1n) is 6.78. The van der Waals surface area contributed by atoms with Gasteiger partial charge in [0, 0.05) is 6.04 Å². The van der Waals surface area contributed by atoms with Crippen LogP contribution in [-0.2, 0) is 4.79 Å². The van der Waals surface area contributed by atoms with Gasteiger partial charge in [0.1, 0.15) is 6.04 Å². The molecule has 1 saturated carbocycles. The Morgan fingerprint density at radius 2 is 2.06 bits per heavy atom. The number of thiocarbonyl (C=S) groups is 1. The fourth-order valence-electron chi connectivity index (χ4n) is 2.82. The molecule has 17 heavy (non-hydrogen) atoms. The van der Waals surface area contributed by atoms with E-state index in [1.54, 1.807) is 0 Å². The third-order valence-electron chi connectivity index (χ3n) is 4.15. The van der Waals surface area contributed by atoms with Crippen LogP contribution in [-0.4, -0.2) is 28.0 Å². The highest BCUT2D eigenvalue weighted by Crippen LogP contribution is 2.27. The summed E-state index contributed by atoms with van der Waals surface area (Å²) < 4.78 is 0. The van der Waals surface area contributed by atoms with E-state index in [0.717, 1.165) is 19.3 Å². The molecule has 2 rings (SSSR count). The number of amides is 1. The smallest absolute Gasteiger partial charge is 0.251 e. The molecule has 3 nitrogen and oxygen atoms in total. The van der Waals surface area contributed by atoms with Gasteiger partial charge in [-0.1, -0.05) is 39.5 Å². The number of carbonyl (C=O) groups excluding carboxylic acids is 1. The maximum absolute atomic E-state index is 12.4. The molecule has 1 aliphatic heterocycles. The zero-order chi connectivity index (χ0) is 12.4. The van der Waals surface area contributed by atoms with Crippen LogP contribution >= 0.6 is 12.2 Å². The van der Waals surface area contributed by atoms with Crippen LogP contribution in [0.2, 0.25) is 0 Å². The SMILES string of the molecule is CC[C@H](C)[C@@H]1NC(=S)N(C2CCCCC2)C1=O. The minimum atomic E-state index is -0.0885. The Hall–Kier alpha value is -0.640. The summed E-state index contributed by atoms with van der Waals surface area (Å²) in [6, 6.07) is 0.264. The molecule has 1 aliphatic carbocycles. The quantitative estimate of drug-likeness (QED) is 0.785. The molecule has 0 unspecified atom stereocenters. The zero-order valence-corrected chi connectivity index (χ0v) is 11.6. The monoisotopic (exact) mass is 254 g/mol. The van der Waals surface area contributed by atoms with Crippen molar-refractivity contribution in [3.8, 4) is 0 Å². The summed E-state index contributed by atoms with van der Waals surface area (Å²) in [5.41, 5.74) is 0. The molecule has 1 saturated heterocycles. The van der Waals surface area contributed by atoms with Crippen molar-refractivity contribution in [2.24, 2.45) is 5.92 Å². The summed E-state index contributed by atoms with van der Waals surface area (Å²) in [5.74, 6) is 0.560. The van der Waals surface area contributed by atoms with Gasteiger partial charge >= 0.3 is 0 Å². The predicted molar refractivity (Wildman–Crippen MR) is 72.7 cm³/mol. The van der Waals surface area contributed by atoms with Gasteiger partial charge in [-0.15, -0.1) is 0 Å². The highest BCUT2D eigenvalue weighted by atomic mass is 32.1. The lowest BCUT2D eigenvalue weighted by atomic mass is 9.93. The average molecular weight is 254 g/mol. The summed E-state index contributed by atoms with van der Waals surface area (Å²) in [4.78, 5) is 14.3. The predicted octanol–water partition coefficient (Wildman–Crippen LogP) is 2.45. The molecular formula is C13H22N2OS. The average Bonchev–Trinajstić information content (AvgIpc) is 2.65. The molecule has 96 valence electrons. The molecule has 0 spiro atoms. The molecule has 1 amide bonds. The van der Waals surface area contributed by atoms with E-state index in [1.807, 2.05) is 4.90 Å². The van der Waals surface area contributed by atoms with Crippen molar-refractivity contribution in [2.75, 3.05) is 0 Å². The van der Waals surface area contributed by atoms with Crippen LogP contribution in [0, 0.1) is 5.92 Å². The molecule has 0 radical (unpaired) electrons. The second kappa shape index (κ2) is 5.34. The van der Waals surface area contributed by atoms with Gasteiger partial charge in [0.2, 0.25) is 0 Å². The number of nitrogens with zero attached hydrogens (tertiary/aromatic N) is 1. The molecule has 1 heterocycles. The molecular weight excluding hydrogens is 232 g/mol. The third kappa shape index (κ3) is 2.46. The van der Waals surface area contributed by atoms with Crippen LogP contribution in [0.4, 0.5) is 0 Å². The van der Waals surface area contributed by atoms with Gasteiger partial charge in [0.05, 0.1) is 0 Å². The van der Waals surface area contributed by atoms with E-state index in [-0.39, 0.29) is 11.9 Å². The first kappa shape index (κ1) is 12.8. The summed E-state index contributed by atoms with van der Waals surface area (Å²) in [5, 5.41) is 3.87. The van der Waals surface area contributed by atoms with Gasteiger partial charge in [-0.3, -0.25) is 9.69 Å². The Labute approximate surface area is 109 Å². The maximum Gasteiger partial charge on any atom is 0.251 e. The topological polar surface area (TPSA) is 32.3 Å². The minimum Gasteiger partial charge on any atom is -0.350 e. The standard InChI is InChI=1S/C13H22N2OS/c1-3-9(2)11-12(16)15(13(17)14-11)10-7-5-4-6-8-10/h9-11H,3-8H2,1-2H3,(H,14,17)/t9-,11-/m0/s1. The Bertz CT molecular complexity index is 313. The van der Waals surface area contributed by atoms with Crippen LogP contribution in [0.1, 0.15) is 52.4 Å². The fourth-order valence-corrected chi connectivity index (χ4v) is 3.19. The first-order chi connectivity index (χ1) is 8.15. The molecule has 0 bridgehead atoms. The van der Waals surface area contributed by atoms with Gasteiger partial charge in [0.25, 0.3) is 5.91 Å². The van der Waals surface area contributed by atoms with E-state index >= 15 is 0 Å². The molecule has 0 aromatic heterocycles. The van der Waals surface area contributed by atoms with E-state index in [1.165, 1.54) is 19.3 Å². The van der Waals surface area contributed by atoms with E-state index < -0.39 is 0 Å². The first-order valence-corrected chi connectivity index (χ1v) is 7.19. The van der Waals surface area contributed by atoms with Gasteiger partial charge in [-0.05, 0) is 31.0 Å². The maximum atomic E-state index is 12.4. The van der Waals surface area contributed by atoms with Crippen LogP contribution in [0.25, 0.3) is 0 Å². The zero-order valence-electron chi connectivity index (χ0n) is 10.7. The number of nitrogens with one attached hydrogen (secondary N) is 1. The lowest BCUT2D eigenvalue weighted by molar-refractivity contribution is -0.130. The fraction of sp³-hybridized carbons (Fsp3) is 0.846. The number of hydrogen-bond donors (Lipinski definition) is 1. The summed E-state index contributed by atoms with van der Waals surface area (Å²) >= 11 is 5.34. The normalized spacial score (nSPS) is 28.4. The van der Waals surface area contributed by atoms with Gasteiger partial charge in [0.15, 0.2) is 5.11 Å². The largest absolute Gasteiger partial charge is 0.350 e. The van der Waals surface area contributed by atoms with Gasteiger partial charge < -0.3 is 5.32 Å². The number of rotatable bonds is 3. The van der Waals surface area contributed by atoms with Crippen LogP contribution in [0.5, 0.6) is 0 Å². The van der Waals surface area contributed by atoms with Crippen molar-refractivity contribution in [1.82, 2.24) is 10.2 Å². The summed E-state index contributed by atoms with van der Waals surface area (Å²) in [6.45, 7) is 4.23. The molecule has 0 aromatic rings. The van der Waals surface area contributed by atoms with E-state index in [9.17, 15) is 4.79 Å². The molecule has 4 heteroatoms. The molecule has 1 N–H and O–H groups in total. The Balaban J connectivity index is 2.07. The second-order valence-electron chi connectivity index (χ2n) is 5.31. The van der Waals surface area contributed by atoms with Gasteiger partial charge in [-0.2, -0.15) is 0 Å². The van der Waals surface area contributed by atoms with Crippen molar-refractivity contribution in [1.29, 1.82) is 0 Å². The molecule has 2 fully saturated rings. The number of carbonyl (C=O) groups is 1. The van der Waals surface area contributed by atoms with E-state index in [4.69, 9.17) is 12.2 Å². The molecule has 2 aliphatic rings. The molecule has 0 aromatic carbocycles. The van der Waals surface area contributed by atoms with Crippen molar-refractivity contribution in [3.05, 3.63) is 0 Å². The van der Waals surface area contributed by atoms with Gasteiger partial charge in [-0.25, -0.2) is 0 Å². The van der Waals surface area contributed by atoms with Crippen molar-refractivity contribution < 1.29 is 4.79 Å². The lowest BCUT2D eigenvalue weighted by Gasteiger charge is -2.30. The Morgan fingerprint density at radius 3 is 2.65 bits per heavy atom.